The lowest BCUT2D eigenvalue weighted by molar-refractivity contribution is -0.117. The molecule has 1 atom stereocenters. The largest absolute Gasteiger partial charge is 0.361 e. The van der Waals surface area contributed by atoms with Gasteiger partial charge in [-0.05, 0) is 55.3 Å². The number of nitrogens with zero attached hydrogens (tertiary/aromatic N) is 6. The second-order valence-corrected chi connectivity index (χ2v) is 9.35. The zero-order chi connectivity index (χ0) is 26.3. The lowest BCUT2D eigenvalue weighted by Crippen LogP contribution is -2.34. The second kappa shape index (κ2) is 11.7. The average molecular weight is 507 g/mol. The zero-order valence-electron chi connectivity index (χ0n) is 21.3. The summed E-state index contributed by atoms with van der Waals surface area (Å²) in [4.78, 5) is 20.1. The standard InChI is InChI=1S/C29H30N8O/c1-21-34-35-28-20-36(15-16-37(21)28)25-11-12-27(32-18-25)33-29(38)26(24-5-3-2-4-6-24)19-31-14-13-22-7-9-23(17-30)10-8-22/h2-12,18,26,31H,13-16,19-20H2,1H3,(H,32,33,38). The van der Waals surface area contributed by atoms with Crippen molar-refractivity contribution in [2.24, 2.45) is 0 Å². The van der Waals surface area contributed by atoms with Crippen molar-refractivity contribution in [3.8, 4) is 6.07 Å². The van der Waals surface area contributed by atoms with Crippen LogP contribution < -0.4 is 15.5 Å². The van der Waals surface area contributed by atoms with Gasteiger partial charge in [-0.25, -0.2) is 4.98 Å². The van der Waals surface area contributed by atoms with Crippen molar-refractivity contribution in [3.05, 3.63) is 101 Å². The highest BCUT2D eigenvalue weighted by Gasteiger charge is 2.22. The third-order valence-electron chi connectivity index (χ3n) is 6.84. The molecule has 1 aliphatic heterocycles. The summed E-state index contributed by atoms with van der Waals surface area (Å²) in [6.45, 7) is 5.56. The Bertz CT molecular complexity index is 1410. The van der Waals surface area contributed by atoms with E-state index in [4.69, 9.17) is 5.26 Å². The molecule has 3 heterocycles. The van der Waals surface area contributed by atoms with E-state index < -0.39 is 0 Å². The predicted molar refractivity (Wildman–Crippen MR) is 146 cm³/mol. The van der Waals surface area contributed by atoms with Crippen LogP contribution in [0.1, 0.15) is 34.3 Å². The molecule has 4 aromatic rings. The molecule has 0 aliphatic carbocycles. The van der Waals surface area contributed by atoms with E-state index >= 15 is 0 Å². The number of nitrogens with one attached hydrogen (secondary N) is 2. The van der Waals surface area contributed by atoms with Crippen molar-refractivity contribution >= 4 is 17.4 Å². The van der Waals surface area contributed by atoms with Gasteiger partial charge in [0.1, 0.15) is 11.6 Å². The van der Waals surface area contributed by atoms with Gasteiger partial charge in [-0.3, -0.25) is 4.79 Å². The molecular weight excluding hydrogens is 476 g/mol. The highest BCUT2D eigenvalue weighted by molar-refractivity contribution is 5.95. The van der Waals surface area contributed by atoms with E-state index in [9.17, 15) is 4.79 Å². The van der Waals surface area contributed by atoms with Gasteiger partial charge in [0, 0.05) is 19.6 Å². The van der Waals surface area contributed by atoms with E-state index in [1.165, 1.54) is 0 Å². The molecule has 0 saturated carbocycles. The first-order valence-corrected chi connectivity index (χ1v) is 12.8. The van der Waals surface area contributed by atoms with E-state index in [2.05, 4.69) is 41.4 Å². The number of amides is 1. The minimum absolute atomic E-state index is 0.108. The molecule has 9 nitrogen and oxygen atoms in total. The topological polar surface area (TPSA) is 112 Å². The highest BCUT2D eigenvalue weighted by atomic mass is 16.2. The van der Waals surface area contributed by atoms with E-state index in [0.717, 1.165) is 54.5 Å². The highest BCUT2D eigenvalue weighted by Crippen LogP contribution is 2.22. The van der Waals surface area contributed by atoms with Crippen LogP contribution in [0.15, 0.2) is 72.9 Å². The Balaban J connectivity index is 1.19. The number of benzene rings is 2. The van der Waals surface area contributed by atoms with Gasteiger partial charge in [0.2, 0.25) is 5.91 Å². The maximum absolute atomic E-state index is 13.3. The van der Waals surface area contributed by atoms with Gasteiger partial charge in [0.25, 0.3) is 0 Å². The number of aryl methyl sites for hydroxylation is 1. The van der Waals surface area contributed by atoms with Crippen LogP contribution in [0.5, 0.6) is 0 Å². The molecule has 9 heteroatoms. The van der Waals surface area contributed by atoms with E-state index in [1.807, 2.05) is 73.7 Å². The quantitative estimate of drug-likeness (QED) is 0.335. The number of fused-ring (bicyclic) bond motifs is 1. The molecule has 0 bridgehead atoms. The van der Waals surface area contributed by atoms with Crippen molar-refractivity contribution in [1.82, 2.24) is 25.1 Å². The molecule has 1 aliphatic rings. The summed E-state index contributed by atoms with van der Waals surface area (Å²) < 4.78 is 2.14. The Labute approximate surface area is 222 Å². The van der Waals surface area contributed by atoms with Crippen LogP contribution in [0.4, 0.5) is 11.5 Å². The number of carbonyl (C=O) groups is 1. The molecule has 0 spiro atoms. The summed E-state index contributed by atoms with van der Waals surface area (Å²) in [6, 6.07) is 23.3. The molecule has 1 unspecified atom stereocenters. The summed E-state index contributed by atoms with van der Waals surface area (Å²) in [5.41, 5.74) is 3.73. The van der Waals surface area contributed by atoms with Crippen molar-refractivity contribution < 1.29 is 4.79 Å². The molecular formula is C29H30N8O. The minimum atomic E-state index is -0.365. The van der Waals surface area contributed by atoms with Crippen LogP contribution in [-0.2, 0) is 24.3 Å². The van der Waals surface area contributed by atoms with E-state index in [1.54, 1.807) is 6.20 Å². The van der Waals surface area contributed by atoms with Gasteiger partial charge in [-0.15, -0.1) is 10.2 Å². The van der Waals surface area contributed by atoms with Crippen LogP contribution in [0.25, 0.3) is 0 Å². The third-order valence-corrected chi connectivity index (χ3v) is 6.84. The van der Waals surface area contributed by atoms with Crippen molar-refractivity contribution in [3.63, 3.8) is 0 Å². The first-order valence-electron chi connectivity index (χ1n) is 12.8. The van der Waals surface area contributed by atoms with Gasteiger partial charge in [-0.2, -0.15) is 5.26 Å². The van der Waals surface area contributed by atoms with Gasteiger partial charge in [-0.1, -0.05) is 42.5 Å². The normalized spacial score (nSPS) is 13.4. The predicted octanol–water partition coefficient (Wildman–Crippen LogP) is 3.43. The molecule has 2 aromatic carbocycles. The summed E-state index contributed by atoms with van der Waals surface area (Å²) in [7, 11) is 0. The van der Waals surface area contributed by atoms with Crippen molar-refractivity contribution in [2.75, 3.05) is 29.9 Å². The lowest BCUT2D eigenvalue weighted by atomic mass is 9.98. The number of hydrogen-bond acceptors (Lipinski definition) is 7. The fourth-order valence-electron chi connectivity index (χ4n) is 4.66. The van der Waals surface area contributed by atoms with Gasteiger partial charge in [0.05, 0.1) is 36.0 Å². The monoisotopic (exact) mass is 506 g/mol. The number of pyridine rings is 1. The van der Waals surface area contributed by atoms with Crippen LogP contribution in [0.3, 0.4) is 0 Å². The van der Waals surface area contributed by atoms with Crippen molar-refractivity contribution in [2.45, 2.75) is 32.4 Å². The SMILES string of the molecule is Cc1nnc2n1CCN(c1ccc(NC(=O)C(CNCCc3ccc(C#N)cc3)c3ccccc3)nc1)C2. The Kier molecular flexibility index (Phi) is 7.71. The maximum Gasteiger partial charge on any atom is 0.234 e. The minimum Gasteiger partial charge on any atom is -0.361 e. The second-order valence-electron chi connectivity index (χ2n) is 9.35. The summed E-state index contributed by atoms with van der Waals surface area (Å²) in [5.74, 6) is 1.93. The molecule has 0 radical (unpaired) electrons. The van der Waals surface area contributed by atoms with Crippen LogP contribution in [0.2, 0.25) is 0 Å². The van der Waals surface area contributed by atoms with Gasteiger partial charge >= 0.3 is 0 Å². The third kappa shape index (κ3) is 5.88. The first-order chi connectivity index (χ1) is 18.6. The first kappa shape index (κ1) is 25.1. The Morgan fingerprint density at radius 1 is 1.05 bits per heavy atom. The van der Waals surface area contributed by atoms with Crippen LogP contribution in [0, 0.1) is 18.3 Å². The number of rotatable bonds is 9. The fourth-order valence-corrected chi connectivity index (χ4v) is 4.66. The lowest BCUT2D eigenvalue weighted by Gasteiger charge is -2.29. The van der Waals surface area contributed by atoms with Crippen LogP contribution >= 0.6 is 0 Å². The number of anilines is 2. The summed E-state index contributed by atoms with van der Waals surface area (Å²) in [5, 5.41) is 23.8. The molecule has 0 fully saturated rings. The van der Waals surface area contributed by atoms with Gasteiger partial charge < -0.3 is 20.1 Å². The molecule has 2 aromatic heterocycles. The van der Waals surface area contributed by atoms with E-state index in [0.29, 0.717) is 24.5 Å². The molecule has 5 rings (SSSR count). The molecule has 38 heavy (non-hydrogen) atoms. The zero-order valence-corrected chi connectivity index (χ0v) is 21.3. The number of aromatic nitrogens is 4. The maximum atomic E-state index is 13.3. The number of hydrogen-bond donors (Lipinski definition) is 2. The number of nitriles is 1. The molecule has 2 N–H and O–H groups in total. The number of carbonyl (C=O) groups excluding carboxylic acids is 1. The van der Waals surface area contributed by atoms with E-state index in [-0.39, 0.29) is 11.8 Å². The van der Waals surface area contributed by atoms with Crippen molar-refractivity contribution in [1.29, 1.82) is 5.26 Å². The molecule has 1 amide bonds. The molecule has 0 saturated heterocycles. The van der Waals surface area contributed by atoms with Crippen LogP contribution in [-0.4, -0.2) is 45.3 Å². The summed E-state index contributed by atoms with van der Waals surface area (Å²) in [6.07, 6.45) is 2.60. The Morgan fingerprint density at radius 2 is 1.87 bits per heavy atom. The smallest absolute Gasteiger partial charge is 0.234 e. The fraction of sp³-hybridized carbons (Fsp3) is 0.276. The summed E-state index contributed by atoms with van der Waals surface area (Å²) >= 11 is 0. The average Bonchev–Trinajstić information content (AvgIpc) is 3.34. The van der Waals surface area contributed by atoms with Gasteiger partial charge in [0.15, 0.2) is 5.82 Å². The molecule has 192 valence electrons. The Morgan fingerprint density at radius 3 is 2.61 bits per heavy atom. The Hall–Kier alpha value is -4.55.